The molecule has 3 N–H and O–H groups in total. The molecule has 0 fully saturated rings. The van der Waals surface area contributed by atoms with Crippen LogP contribution >= 0.6 is 0 Å². The van der Waals surface area contributed by atoms with E-state index in [9.17, 15) is 24.0 Å². The Hall–Kier alpha value is -5.23. The highest BCUT2D eigenvalue weighted by Crippen LogP contribution is 2.11. The van der Waals surface area contributed by atoms with Crippen molar-refractivity contribution in [3.63, 3.8) is 0 Å². The summed E-state index contributed by atoms with van der Waals surface area (Å²) in [6.45, 7) is 9.57. The summed E-state index contributed by atoms with van der Waals surface area (Å²) in [6.07, 6.45) is 6.11. The molecular formula is C37H47N3O9. The molecule has 2 aromatic rings. The van der Waals surface area contributed by atoms with Crippen LogP contribution in [0.3, 0.4) is 0 Å². The van der Waals surface area contributed by atoms with Gasteiger partial charge >= 0.3 is 18.0 Å². The lowest BCUT2D eigenvalue weighted by atomic mass is 10.1. The van der Waals surface area contributed by atoms with E-state index in [1.807, 2.05) is 61.5 Å². The molecule has 1 unspecified atom stereocenters. The number of hydrogen-bond acceptors (Lipinski definition) is 9. The molecule has 0 aliphatic rings. The summed E-state index contributed by atoms with van der Waals surface area (Å²) < 4.78 is 21.5. The zero-order chi connectivity index (χ0) is 36.1. The molecular weight excluding hydrogens is 630 g/mol. The van der Waals surface area contributed by atoms with Crippen molar-refractivity contribution in [2.24, 2.45) is 0 Å². The lowest BCUT2D eigenvalue weighted by Crippen LogP contribution is -2.48. The SMILES string of the molecule is C=C/C(=C\C=C/C)COC(=O)[C@H](Cc1ccccc1)NC(=O)CNC(=O)COCC(CC(=O)OC(C)(C)C)NC(=O)OCc1ccccc1. The second kappa shape index (κ2) is 21.6. The summed E-state index contributed by atoms with van der Waals surface area (Å²) in [5.41, 5.74) is 1.51. The number of amides is 3. The van der Waals surface area contributed by atoms with Crippen LogP contribution in [0.4, 0.5) is 4.79 Å². The predicted octanol–water partition coefficient (Wildman–Crippen LogP) is 4.11. The normalized spacial score (nSPS) is 12.7. The fraction of sp³-hybridized carbons (Fsp3) is 0.378. The molecule has 0 radical (unpaired) electrons. The Bertz CT molecular complexity index is 1430. The van der Waals surface area contributed by atoms with Gasteiger partial charge in [0.05, 0.1) is 25.6 Å². The van der Waals surface area contributed by atoms with Crippen LogP contribution in [0.15, 0.2) is 97.1 Å². The third-order valence-corrected chi connectivity index (χ3v) is 6.41. The van der Waals surface area contributed by atoms with E-state index in [1.54, 1.807) is 51.1 Å². The number of carbonyl (C=O) groups excluding carboxylic acids is 5. The molecule has 3 amide bonds. The van der Waals surface area contributed by atoms with Gasteiger partial charge in [0, 0.05) is 6.42 Å². The Morgan fingerprint density at radius 1 is 0.857 bits per heavy atom. The number of hydrogen-bond donors (Lipinski definition) is 3. The number of allylic oxidation sites excluding steroid dienone is 3. The highest BCUT2D eigenvalue weighted by molar-refractivity contribution is 5.88. The van der Waals surface area contributed by atoms with E-state index in [0.717, 1.165) is 11.1 Å². The summed E-state index contributed by atoms with van der Waals surface area (Å²) >= 11 is 0. The van der Waals surface area contributed by atoms with Crippen LogP contribution in [0.5, 0.6) is 0 Å². The first kappa shape index (κ1) is 39.9. The Balaban J connectivity index is 1.91. The molecule has 264 valence electrons. The third kappa shape index (κ3) is 18.0. The van der Waals surface area contributed by atoms with Crippen molar-refractivity contribution in [1.82, 2.24) is 16.0 Å². The van der Waals surface area contributed by atoms with E-state index in [0.29, 0.717) is 5.57 Å². The average Bonchev–Trinajstić information content (AvgIpc) is 3.06. The van der Waals surface area contributed by atoms with Gasteiger partial charge in [-0.05, 0) is 44.4 Å². The van der Waals surface area contributed by atoms with Gasteiger partial charge in [-0.2, -0.15) is 0 Å². The minimum absolute atomic E-state index is 0.0184. The van der Waals surface area contributed by atoms with Gasteiger partial charge in [0.25, 0.3) is 0 Å². The maximum absolute atomic E-state index is 13.0. The quantitative estimate of drug-likeness (QED) is 0.113. The first-order valence-electron chi connectivity index (χ1n) is 15.9. The van der Waals surface area contributed by atoms with Crippen molar-refractivity contribution >= 4 is 29.8 Å². The topological polar surface area (TPSA) is 158 Å². The summed E-state index contributed by atoms with van der Waals surface area (Å²) in [6, 6.07) is 16.3. The maximum atomic E-state index is 13.0. The molecule has 49 heavy (non-hydrogen) atoms. The zero-order valence-electron chi connectivity index (χ0n) is 28.6. The molecule has 12 heteroatoms. The third-order valence-electron chi connectivity index (χ3n) is 6.41. The summed E-state index contributed by atoms with van der Waals surface area (Å²) in [5, 5.41) is 7.63. The number of esters is 2. The van der Waals surface area contributed by atoms with Crippen LogP contribution in [0.25, 0.3) is 0 Å². The number of rotatable bonds is 19. The first-order chi connectivity index (χ1) is 23.4. The Morgan fingerprint density at radius 2 is 1.51 bits per heavy atom. The van der Waals surface area contributed by atoms with E-state index in [4.69, 9.17) is 18.9 Å². The van der Waals surface area contributed by atoms with Crippen LogP contribution in [-0.2, 0) is 51.2 Å². The van der Waals surface area contributed by atoms with Crippen LogP contribution < -0.4 is 16.0 Å². The minimum Gasteiger partial charge on any atom is -0.460 e. The highest BCUT2D eigenvalue weighted by atomic mass is 16.6. The maximum Gasteiger partial charge on any atom is 0.407 e. The Labute approximate surface area is 287 Å². The summed E-state index contributed by atoms with van der Waals surface area (Å²) in [4.78, 5) is 63.1. The van der Waals surface area contributed by atoms with E-state index < -0.39 is 60.7 Å². The molecule has 0 bridgehead atoms. The number of ether oxygens (including phenoxy) is 4. The van der Waals surface area contributed by atoms with Gasteiger partial charge in [0.1, 0.15) is 31.5 Å². The van der Waals surface area contributed by atoms with Gasteiger partial charge in [-0.3, -0.25) is 14.4 Å². The van der Waals surface area contributed by atoms with Crippen LogP contribution in [0, 0.1) is 0 Å². The fourth-order valence-corrected chi connectivity index (χ4v) is 4.13. The fourth-order valence-electron chi connectivity index (χ4n) is 4.13. The Morgan fingerprint density at radius 3 is 2.12 bits per heavy atom. The molecule has 2 atom stereocenters. The molecule has 0 aliphatic heterocycles. The van der Waals surface area contributed by atoms with Gasteiger partial charge in [-0.25, -0.2) is 9.59 Å². The molecule has 0 aliphatic carbocycles. The molecule has 0 aromatic heterocycles. The van der Waals surface area contributed by atoms with Crippen molar-refractivity contribution in [2.75, 3.05) is 26.4 Å². The van der Waals surface area contributed by atoms with Crippen LogP contribution in [0.1, 0.15) is 45.2 Å². The van der Waals surface area contributed by atoms with Gasteiger partial charge in [-0.1, -0.05) is 91.5 Å². The molecule has 0 saturated carbocycles. The minimum atomic E-state index is -1.02. The van der Waals surface area contributed by atoms with Crippen molar-refractivity contribution in [3.8, 4) is 0 Å². The zero-order valence-corrected chi connectivity index (χ0v) is 28.6. The summed E-state index contributed by atoms with van der Waals surface area (Å²) in [7, 11) is 0. The number of benzene rings is 2. The monoisotopic (exact) mass is 677 g/mol. The molecule has 0 heterocycles. The average molecular weight is 678 g/mol. The largest absolute Gasteiger partial charge is 0.460 e. The smallest absolute Gasteiger partial charge is 0.407 e. The van der Waals surface area contributed by atoms with Gasteiger partial charge in [0.2, 0.25) is 11.8 Å². The van der Waals surface area contributed by atoms with Crippen molar-refractivity contribution in [3.05, 3.63) is 108 Å². The predicted molar refractivity (Wildman–Crippen MR) is 184 cm³/mol. The Kier molecular flexibility index (Phi) is 17.6. The second-order valence-corrected chi connectivity index (χ2v) is 11.9. The molecule has 0 saturated heterocycles. The lowest BCUT2D eigenvalue weighted by molar-refractivity contribution is -0.155. The molecule has 2 rings (SSSR count). The van der Waals surface area contributed by atoms with Gasteiger partial charge < -0.3 is 34.9 Å². The van der Waals surface area contributed by atoms with Crippen molar-refractivity contribution in [1.29, 1.82) is 0 Å². The van der Waals surface area contributed by atoms with E-state index in [1.165, 1.54) is 0 Å². The lowest BCUT2D eigenvalue weighted by Gasteiger charge is -2.23. The number of alkyl carbamates (subject to hydrolysis) is 1. The highest BCUT2D eigenvalue weighted by Gasteiger charge is 2.25. The molecule has 0 spiro atoms. The van der Waals surface area contributed by atoms with Crippen LogP contribution in [-0.4, -0.2) is 73.9 Å². The second-order valence-electron chi connectivity index (χ2n) is 11.9. The van der Waals surface area contributed by atoms with E-state index in [-0.39, 0.29) is 32.7 Å². The number of carbonyl (C=O) groups is 5. The standard InChI is InChI=1S/C37H47N3O9/c1-6-8-15-27(7-2)23-47-35(44)31(20-28-16-11-9-12-17-28)40-32(41)22-38-33(42)26-46-25-30(21-34(43)49-37(3,4)5)39-36(45)48-24-29-18-13-10-14-19-29/h6-19,30-31H,2,20-26H2,1,3-5H3,(H,38,42)(H,39,45)(H,40,41)/b8-6-,27-15+/t30?,31-/m0/s1. The molecule has 12 nitrogen and oxygen atoms in total. The van der Waals surface area contributed by atoms with Gasteiger partial charge in [-0.15, -0.1) is 0 Å². The van der Waals surface area contributed by atoms with E-state index in [2.05, 4.69) is 22.5 Å². The molecule has 2 aromatic carbocycles. The van der Waals surface area contributed by atoms with Crippen molar-refractivity contribution in [2.45, 2.75) is 64.8 Å². The van der Waals surface area contributed by atoms with Crippen LogP contribution in [0.2, 0.25) is 0 Å². The summed E-state index contributed by atoms with van der Waals surface area (Å²) in [5.74, 6) is -2.48. The number of nitrogens with one attached hydrogen (secondary N) is 3. The van der Waals surface area contributed by atoms with E-state index >= 15 is 0 Å². The van der Waals surface area contributed by atoms with Gasteiger partial charge in [0.15, 0.2) is 0 Å². The van der Waals surface area contributed by atoms with Crippen molar-refractivity contribution < 1.29 is 42.9 Å². The first-order valence-corrected chi connectivity index (χ1v) is 15.9.